The number of nitrogens with zero attached hydrogens (tertiary/aromatic N) is 4. The molecule has 2 amide bonds. The first-order valence-corrected chi connectivity index (χ1v) is 8.78. The zero-order valence-corrected chi connectivity index (χ0v) is 14.8. The van der Waals surface area contributed by atoms with Crippen molar-refractivity contribution in [3.05, 3.63) is 65.2 Å². The lowest BCUT2D eigenvalue weighted by Crippen LogP contribution is -2.39. The third-order valence-electron chi connectivity index (χ3n) is 4.89. The third kappa shape index (κ3) is 2.67. The van der Waals surface area contributed by atoms with Crippen LogP contribution in [0.5, 0.6) is 0 Å². The summed E-state index contributed by atoms with van der Waals surface area (Å²) >= 11 is 0. The van der Waals surface area contributed by atoms with Crippen LogP contribution in [0.4, 0.5) is 5.69 Å². The van der Waals surface area contributed by atoms with E-state index >= 15 is 0 Å². The van der Waals surface area contributed by atoms with Gasteiger partial charge < -0.3 is 0 Å². The molecule has 2 aliphatic rings. The Bertz CT molecular complexity index is 891. The first-order valence-electron chi connectivity index (χ1n) is 8.78. The predicted molar refractivity (Wildman–Crippen MR) is 97.5 cm³/mol. The zero-order valence-electron chi connectivity index (χ0n) is 14.8. The highest BCUT2D eigenvalue weighted by Gasteiger charge is 2.54. The molecule has 0 aliphatic carbocycles. The zero-order chi connectivity index (χ0) is 18.3. The summed E-state index contributed by atoms with van der Waals surface area (Å²) in [6.45, 7) is 4.53. The highest BCUT2D eigenvalue weighted by atomic mass is 16.2. The molecular formula is C20H20N4O2. The van der Waals surface area contributed by atoms with E-state index in [1.807, 2.05) is 55.5 Å². The molecular weight excluding hydrogens is 328 g/mol. The van der Waals surface area contributed by atoms with E-state index in [2.05, 4.69) is 17.3 Å². The predicted octanol–water partition coefficient (Wildman–Crippen LogP) is 3.05. The van der Waals surface area contributed by atoms with Crippen LogP contribution in [0.1, 0.15) is 23.6 Å². The Morgan fingerprint density at radius 2 is 1.77 bits per heavy atom. The number of amides is 2. The fraction of sp³-hybridized carbons (Fsp3) is 0.300. The smallest absolute Gasteiger partial charge is 0.263 e. The molecule has 6 nitrogen and oxygen atoms in total. The van der Waals surface area contributed by atoms with Gasteiger partial charge in [0, 0.05) is 0 Å². The monoisotopic (exact) mass is 348 g/mol. The topological polar surface area (TPSA) is 65.3 Å². The number of fused-ring (bicyclic) bond motifs is 1. The lowest BCUT2D eigenvalue weighted by atomic mass is 10.1. The quantitative estimate of drug-likeness (QED) is 0.798. The van der Waals surface area contributed by atoms with Crippen LogP contribution >= 0.6 is 0 Å². The van der Waals surface area contributed by atoms with Gasteiger partial charge >= 0.3 is 0 Å². The van der Waals surface area contributed by atoms with E-state index in [0.717, 1.165) is 23.1 Å². The minimum Gasteiger partial charge on any atom is -0.271 e. The number of imide groups is 1. The number of anilines is 1. The summed E-state index contributed by atoms with van der Waals surface area (Å²) in [4.78, 5) is 26.9. The van der Waals surface area contributed by atoms with Crippen molar-refractivity contribution in [2.75, 3.05) is 4.90 Å². The Morgan fingerprint density at radius 3 is 2.46 bits per heavy atom. The molecule has 0 radical (unpaired) electrons. The number of hydrogen-bond acceptors (Lipinski definition) is 5. The van der Waals surface area contributed by atoms with Crippen molar-refractivity contribution < 1.29 is 9.59 Å². The fourth-order valence-corrected chi connectivity index (χ4v) is 3.49. The van der Waals surface area contributed by atoms with E-state index < -0.39 is 12.1 Å². The number of benzene rings is 2. The van der Waals surface area contributed by atoms with Crippen LogP contribution in [-0.2, 0) is 22.6 Å². The molecule has 1 saturated heterocycles. The Kier molecular flexibility index (Phi) is 4.03. The van der Waals surface area contributed by atoms with Gasteiger partial charge in [0.1, 0.15) is 0 Å². The Hall–Kier alpha value is -3.02. The summed E-state index contributed by atoms with van der Waals surface area (Å²) in [6.07, 6.45) is 0.909. The van der Waals surface area contributed by atoms with Crippen molar-refractivity contribution in [3.8, 4) is 0 Å². The second kappa shape index (κ2) is 6.37. The molecule has 2 aromatic rings. The minimum atomic E-state index is -0.752. The van der Waals surface area contributed by atoms with Gasteiger partial charge in [-0.1, -0.05) is 54.1 Å². The van der Waals surface area contributed by atoms with Crippen molar-refractivity contribution in [1.82, 2.24) is 5.01 Å². The Labute approximate surface area is 152 Å². The molecule has 6 heteroatoms. The van der Waals surface area contributed by atoms with Gasteiger partial charge in [0.2, 0.25) is 0 Å². The number of carbonyl (C=O) groups excluding carboxylic acids is 2. The van der Waals surface area contributed by atoms with Crippen molar-refractivity contribution in [2.24, 2.45) is 10.3 Å². The van der Waals surface area contributed by atoms with Crippen molar-refractivity contribution in [2.45, 2.75) is 38.9 Å². The van der Waals surface area contributed by atoms with Gasteiger partial charge in [0.15, 0.2) is 12.1 Å². The van der Waals surface area contributed by atoms with Gasteiger partial charge in [0.05, 0.1) is 12.2 Å². The second-order valence-corrected chi connectivity index (χ2v) is 6.71. The molecule has 0 bridgehead atoms. The van der Waals surface area contributed by atoms with Crippen LogP contribution in [0, 0.1) is 6.92 Å². The lowest BCUT2D eigenvalue weighted by Gasteiger charge is -2.21. The third-order valence-corrected chi connectivity index (χ3v) is 4.89. The Morgan fingerprint density at radius 1 is 1.00 bits per heavy atom. The molecule has 0 spiro atoms. The first-order chi connectivity index (χ1) is 12.6. The Balaban J connectivity index is 1.58. The van der Waals surface area contributed by atoms with Crippen LogP contribution in [0.2, 0.25) is 0 Å². The molecule has 4 rings (SSSR count). The van der Waals surface area contributed by atoms with E-state index in [1.165, 1.54) is 4.90 Å². The van der Waals surface area contributed by atoms with Gasteiger partial charge in [-0.05, 0) is 36.6 Å². The van der Waals surface area contributed by atoms with Crippen molar-refractivity contribution in [3.63, 3.8) is 0 Å². The number of carbonyl (C=O) groups is 2. The molecule has 0 saturated carbocycles. The highest BCUT2D eigenvalue weighted by Crippen LogP contribution is 2.32. The molecule has 2 heterocycles. The summed E-state index contributed by atoms with van der Waals surface area (Å²) in [6, 6.07) is 14.1. The highest BCUT2D eigenvalue weighted by molar-refractivity contribution is 6.25. The minimum absolute atomic E-state index is 0.262. The average Bonchev–Trinajstić information content (AvgIpc) is 3.16. The van der Waals surface area contributed by atoms with E-state index in [4.69, 9.17) is 0 Å². The maximum absolute atomic E-state index is 13.0. The maximum atomic E-state index is 13.0. The van der Waals surface area contributed by atoms with Gasteiger partial charge in [-0.15, -0.1) is 0 Å². The molecule has 2 aliphatic heterocycles. The summed E-state index contributed by atoms with van der Waals surface area (Å²) in [5.41, 5.74) is 3.93. The summed E-state index contributed by atoms with van der Waals surface area (Å²) in [5.74, 6) is -0.568. The van der Waals surface area contributed by atoms with Gasteiger partial charge in [0.25, 0.3) is 11.8 Å². The van der Waals surface area contributed by atoms with Gasteiger partial charge in [-0.3, -0.25) is 14.6 Å². The van der Waals surface area contributed by atoms with Crippen LogP contribution in [-0.4, -0.2) is 28.9 Å². The largest absolute Gasteiger partial charge is 0.271 e. The van der Waals surface area contributed by atoms with E-state index in [1.54, 1.807) is 5.01 Å². The van der Waals surface area contributed by atoms with Gasteiger partial charge in [-0.25, -0.2) is 4.90 Å². The molecule has 2 atom stereocenters. The van der Waals surface area contributed by atoms with Crippen LogP contribution in [0.15, 0.2) is 58.9 Å². The second-order valence-electron chi connectivity index (χ2n) is 6.71. The molecule has 26 heavy (non-hydrogen) atoms. The first kappa shape index (κ1) is 16.4. The van der Waals surface area contributed by atoms with Crippen LogP contribution in [0.25, 0.3) is 0 Å². The summed E-state index contributed by atoms with van der Waals surface area (Å²) < 4.78 is 0. The lowest BCUT2D eigenvalue weighted by molar-refractivity contribution is -0.123. The molecule has 1 fully saturated rings. The van der Waals surface area contributed by atoms with E-state index in [9.17, 15) is 9.59 Å². The maximum Gasteiger partial charge on any atom is 0.263 e. The molecule has 132 valence electrons. The fourth-order valence-electron chi connectivity index (χ4n) is 3.49. The summed E-state index contributed by atoms with van der Waals surface area (Å²) in [5, 5.41) is 9.79. The number of rotatable bonds is 4. The van der Waals surface area contributed by atoms with E-state index in [-0.39, 0.29) is 11.8 Å². The standard InChI is InChI=1S/C20H20N4O2/c1-3-14-7-9-16(10-8-14)24-19(25)17-18(20(24)26)23(22-21-17)12-15-6-4-5-13(2)11-15/h4-11,17-18H,3,12H2,1-2H3. The van der Waals surface area contributed by atoms with E-state index in [0.29, 0.717) is 12.2 Å². The normalized spacial score (nSPS) is 21.6. The van der Waals surface area contributed by atoms with Crippen molar-refractivity contribution in [1.29, 1.82) is 0 Å². The molecule has 0 N–H and O–H groups in total. The number of aryl methyl sites for hydroxylation is 2. The molecule has 2 aromatic carbocycles. The summed E-state index contributed by atoms with van der Waals surface area (Å²) in [7, 11) is 0. The molecule has 0 aromatic heterocycles. The average molecular weight is 348 g/mol. The van der Waals surface area contributed by atoms with Crippen molar-refractivity contribution >= 4 is 17.5 Å². The van der Waals surface area contributed by atoms with Crippen LogP contribution < -0.4 is 4.90 Å². The molecule has 2 unspecified atom stereocenters. The number of hydrogen-bond donors (Lipinski definition) is 0. The SMILES string of the molecule is CCc1ccc(N2C(=O)C3N=NN(Cc4cccc(C)c4)C3C2=O)cc1. The van der Waals surface area contributed by atoms with Crippen LogP contribution in [0.3, 0.4) is 0 Å². The van der Waals surface area contributed by atoms with Gasteiger partial charge in [-0.2, -0.15) is 5.11 Å².